The predicted octanol–water partition coefficient (Wildman–Crippen LogP) is 1.41. The van der Waals surface area contributed by atoms with Crippen LogP contribution in [-0.4, -0.2) is 60.1 Å². The lowest BCUT2D eigenvalue weighted by molar-refractivity contribution is 0.0545. The number of benzene rings is 1. The molecule has 0 radical (unpaired) electrons. The first kappa shape index (κ1) is 17.9. The number of nitrogens with one attached hydrogen (secondary N) is 2. The van der Waals surface area contributed by atoms with Crippen LogP contribution in [0.15, 0.2) is 48.8 Å². The quantitative estimate of drug-likeness (QED) is 0.852. The third kappa shape index (κ3) is 3.95. The number of hydrogen-bond donors (Lipinski definition) is 2. The molecule has 1 amide bonds. The van der Waals surface area contributed by atoms with Crippen LogP contribution in [0.4, 0.5) is 0 Å². The number of ether oxygens (including phenoxy) is 1. The molecule has 142 valence electrons. The van der Waals surface area contributed by atoms with E-state index in [-0.39, 0.29) is 18.1 Å². The van der Waals surface area contributed by atoms with Crippen LogP contribution < -0.4 is 15.6 Å². The van der Waals surface area contributed by atoms with Crippen molar-refractivity contribution >= 4 is 5.91 Å². The van der Waals surface area contributed by atoms with Crippen molar-refractivity contribution in [3.05, 3.63) is 59.9 Å². The summed E-state index contributed by atoms with van der Waals surface area (Å²) in [6.45, 7) is 3.20. The summed E-state index contributed by atoms with van der Waals surface area (Å²) >= 11 is 0. The van der Waals surface area contributed by atoms with Crippen molar-refractivity contribution in [3.63, 3.8) is 0 Å². The smallest absolute Gasteiger partial charge is 0.253 e. The zero-order valence-electron chi connectivity index (χ0n) is 15.5. The van der Waals surface area contributed by atoms with E-state index in [0.717, 1.165) is 38.3 Å². The fourth-order valence-electron chi connectivity index (χ4n) is 3.73. The summed E-state index contributed by atoms with van der Waals surface area (Å²) in [6, 6.07) is 11.6. The molecular formula is C20H25N5O2. The molecule has 2 unspecified atom stereocenters. The van der Waals surface area contributed by atoms with Crippen LogP contribution in [0, 0.1) is 0 Å². The Morgan fingerprint density at radius 1 is 1.11 bits per heavy atom. The summed E-state index contributed by atoms with van der Waals surface area (Å²) in [5.41, 5.74) is 8.67. The maximum atomic E-state index is 12.7. The highest BCUT2D eigenvalue weighted by atomic mass is 16.5. The number of hydrazine groups is 1. The number of amides is 1. The number of hydrogen-bond acceptors (Lipinski definition) is 6. The molecule has 1 aromatic heterocycles. The Morgan fingerprint density at radius 3 is 2.56 bits per heavy atom. The fourth-order valence-corrected chi connectivity index (χ4v) is 3.73. The van der Waals surface area contributed by atoms with Crippen LogP contribution in [-0.2, 0) is 0 Å². The second-order valence-corrected chi connectivity index (χ2v) is 6.94. The van der Waals surface area contributed by atoms with Crippen LogP contribution in [0.2, 0.25) is 0 Å². The third-order valence-corrected chi connectivity index (χ3v) is 5.35. The van der Waals surface area contributed by atoms with E-state index in [2.05, 4.69) is 26.8 Å². The lowest BCUT2D eigenvalue weighted by atomic mass is 10.1. The van der Waals surface area contributed by atoms with E-state index in [9.17, 15) is 4.79 Å². The van der Waals surface area contributed by atoms with Gasteiger partial charge in [0.2, 0.25) is 0 Å². The lowest BCUT2D eigenvalue weighted by Gasteiger charge is -2.37. The Morgan fingerprint density at radius 2 is 1.89 bits per heavy atom. The van der Waals surface area contributed by atoms with Crippen LogP contribution in [0.5, 0.6) is 5.75 Å². The summed E-state index contributed by atoms with van der Waals surface area (Å²) in [5.74, 6) is 0.849. The van der Waals surface area contributed by atoms with Gasteiger partial charge in [0.25, 0.3) is 5.91 Å². The number of rotatable bonds is 4. The predicted molar refractivity (Wildman–Crippen MR) is 102 cm³/mol. The molecule has 2 atom stereocenters. The largest absolute Gasteiger partial charge is 0.497 e. The molecule has 2 fully saturated rings. The third-order valence-electron chi connectivity index (χ3n) is 5.35. The van der Waals surface area contributed by atoms with Crippen molar-refractivity contribution in [1.82, 2.24) is 25.6 Å². The van der Waals surface area contributed by atoms with E-state index >= 15 is 0 Å². The summed E-state index contributed by atoms with van der Waals surface area (Å²) in [5, 5.41) is 0. The van der Waals surface area contributed by atoms with Crippen molar-refractivity contribution in [3.8, 4) is 5.75 Å². The van der Waals surface area contributed by atoms with Gasteiger partial charge in [-0.2, -0.15) is 0 Å². The first-order chi connectivity index (χ1) is 13.2. The summed E-state index contributed by atoms with van der Waals surface area (Å²) < 4.78 is 5.16. The van der Waals surface area contributed by atoms with Gasteiger partial charge in [-0.15, -0.1) is 0 Å². The minimum Gasteiger partial charge on any atom is -0.497 e. The molecular weight excluding hydrogens is 342 g/mol. The molecule has 4 rings (SSSR count). The molecule has 3 heterocycles. The van der Waals surface area contributed by atoms with Gasteiger partial charge in [-0.25, -0.2) is 10.9 Å². The van der Waals surface area contributed by atoms with Crippen molar-refractivity contribution in [1.29, 1.82) is 0 Å². The Balaban J connectivity index is 1.30. The van der Waals surface area contributed by atoms with Crippen molar-refractivity contribution < 1.29 is 9.53 Å². The molecule has 2 saturated heterocycles. The molecule has 0 saturated carbocycles. The lowest BCUT2D eigenvalue weighted by Crippen LogP contribution is -2.55. The zero-order chi connectivity index (χ0) is 18.6. The van der Waals surface area contributed by atoms with Crippen LogP contribution >= 0.6 is 0 Å². The number of pyridine rings is 1. The van der Waals surface area contributed by atoms with Gasteiger partial charge in [0.15, 0.2) is 0 Å². The molecule has 2 aliphatic rings. The number of carbonyl (C=O) groups excluding carboxylic acids is 1. The van der Waals surface area contributed by atoms with Crippen LogP contribution in [0.3, 0.4) is 0 Å². The van der Waals surface area contributed by atoms with E-state index in [0.29, 0.717) is 5.56 Å². The van der Waals surface area contributed by atoms with E-state index in [1.165, 1.54) is 5.56 Å². The second kappa shape index (κ2) is 8.04. The molecule has 1 aromatic carbocycles. The van der Waals surface area contributed by atoms with Gasteiger partial charge in [0.1, 0.15) is 5.75 Å². The number of aromatic nitrogens is 1. The number of piperazine rings is 1. The van der Waals surface area contributed by atoms with Gasteiger partial charge in [-0.05, 0) is 42.3 Å². The minimum atomic E-state index is 0.0862. The van der Waals surface area contributed by atoms with E-state index in [1.54, 1.807) is 13.3 Å². The molecule has 7 nitrogen and oxygen atoms in total. The first-order valence-corrected chi connectivity index (χ1v) is 9.33. The summed E-state index contributed by atoms with van der Waals surface area (Å²) in [6.07, 6.45) is 4.96. The average molecular weight is 367 g/mol. The maximum absolute atomic E-state index is 12.7. The van der Waals surface area contributed by atoms with Crippen LogP contribution in [0.25, 0.3) is 0 Å². The Labute approximate surface area is 159 Å². The highest BCUT2D eigenvalue weighted by Gasteiger charge is 2.32. The van der Waals surface area contributed by atoms with Gasteiger partial charge < -0.3 is 9.64 Å². The molecule has 0 bridgehead atoms. The van der Waals surface area contributed by atoms with Gasteiger partial charge in [-0.1, -0.05) is 6.07 Å². The number of nitrogens with zero attached hydrogens (tertiary/aromatic N) is 3. The molecule has 2 N–H and O–H groups in total. The highest BCUT2D eigenvalue weighted by Crippen LogP contribution is 2.24. The normalized spacial score (nSPS) is 23.4. The average Bonchev–Trinajstić information content (AvgIpc) is 3.24. The molecule has 0 aliphatic carbocycles. The first-order valence-electron chi connectivity index (χ1n) is 9.33. The molecule has 7 heteroatoms. The number of carbonyl (C=O) groups is 1. The van der Waals surface area contributed by atoms with E-state index in [4.69, 9.17) is 4.74 Å². The standard InChI is InChI=1S/C20H25N5O2/c1-27-17-6-4-15(5-7-17)20(26)25-11-9-24(10-12-25)19-13-18(22-23-19)16-3-2-8-21-14-16/h2-8,14,18-19,22-23H,9-13H2,1H3. The van der Waals surface area contributed by atoms with Gasteiger partial charge in [-0.3, -0.25) is 14.7 Å². The fraction of sp³-hybridized carbons (Fsp3) is 0.400. The highest BCUT2D eigenvalue weighted by molar-refractivity contribution is 5.94. The monoisotopic (exact) mass is 367 g/mol. The maximum Gasteiger partial charge on any atom is 0.253 e. The SMILES string of the molecule is COc1ccc(C(=O)N2CCN(C3CC(c4cccnc4)NN3)CC2)cc1. The van der Waals surface area contributed by atoms with Gasteiger partial charge in [0.05, 0.1) is 19.3 Å². The van der Waals surface area contributed by atoms with Crippen molar-refractivity contribution in [2.75, 3.05) is 33.3 Å². The summed E-state index contributed by atoms with van der Waals surface area (Å²) in [4.78, 5) is 21.2. The van der Waals surface area contributed by atoms with E-state index < -0.39 is 0 Å². The Hall–Kier alpha value is -2.48. The van der Waals surface area contributed by atoms with Crippen molar-refractivity contribution in [2.45, 2.75) is 18.6 Å². The minimum absolute atomic E-state index is 0.0862. The molecule has 0 spiro atoms. The summed E-state index contributed by atoms with van der Waals surface area (Å²) in [7, 11) is 1.63. The van der Waals surface area contributed by atoms with Gasteiger partial charge in [0, 0.05) is 44.1 Å². The Kier molecular flexibility index (Phi) is 5.33. The second-order valence-electron chi connectivity index (χ2n) is 6.94. The zero-order valence-corrected chi connectivity index (χ0v) is 15.5. The van der Waals surface area contributed by atoms with Crippen molar-refractivity contribution in [2.24, 2.45) is 0 Å². The topological polar surface area (TPSA) is 69.7 Å². The molecule has 2 aliphatic heterocycles. The van der Waals surface area contributed by atoms with Crippen LogP contribution in [0.1, 0.15) is 28.4 Å². The Bertz CT molecular complexity index is 760. The number of methoxy groups -OCH3 is 1. The van der Waals surface area contributed by atoms with E-state index in [1.807, 2.05) is 41.4 Å². The van der Waals surface area contributed by atoms with Gasteiger partial charge >= 0.3 is 0 Å². The molecule has 27 heavy (non-hydrogen) atoms. The molecule has 2 aromatic rings.